The Morgan fingerprint density at radius 2 is 2.26 bits per heavy atom. The predicted octanol–water partition coefficient (Wildman–Crippen LogP) is 1.13. The zero-order chi connectivity index (χ0) is 13.7. The van der Waals surface area contributed by atoms with Crippen LogP contribution in [-0.2, 0) is 0 Å². The van der Waals surface area contributed by atoms with Crippen LogP contribution in [0.5, 0.6) is 0 Å². The van der Waals surface area contributed by atoms with Gasteiger partial charge in [0.25, 0.3) is 5.91 Å². The molecule has 1 amide bonds. The minimum atomic E-state index is -0.0811. The second-order valence-electron chi connectivity index (χ2n) is 5.29. The topological polar surface area (TPSA) is 71.2 Å². The van der Waals surface area contributed by atoms with Crippen LogP contribution in [0.2, 0.25) is 0 Å². The van der Waals surface area contributed by atoms with Crippen LogP contribution < -0.4 is 11.1 Å². The number of nitrogens with one attached hydrogen (secondary N) is 1. The molecule has 0 bridgehead atoms. The molecule has 1 aromatic heterocycles. The fourth-order valence-corrected chi connectivity index (χ4v) is 2.43. The Morgan fingerprint density at radius 3 is 2.95 bits per heavy atom. The van der Waals surface area contributed by atoms with E-state index in [4.69, 9.17) is 5.73 Å². The average molecular weight is 262 g/mol. The number of likely N-dealkylation sites (tertiary alicyclic amines) is 1. The molecule has 1 aromatic rings. The molecule has 0 radical (unpaired) electrons. The number of nitrogens with two attached hydrogens (primary N) is 1. The van der Waals surface area contributed by atoms with Crippen LogP contribution in [-0.4, -0.2) is 42.0 Å². The molecule has 0 saturated carbocycles. The number of nitrogens with zero attached hydrogens (tertiary/aromatic N) is 2. The number of amides is 1. The van der Waals surface area contributed by atoms with Gasteiger partial charge in [-0.3, -0.25) is 4.79 Å². The number of rotatable bonds is 5. The highest BCUT2D eigenvalue weighted by Gasteiger charge is 2.15. The first-order valence-electron chi connectivity index (χ1n) is 6.87. The fourth-order valence-electron chi connectivity index (χ4n) is 2.43. The van der Waals surface area contributed by atoms with Crippen LogP contribution in [0.15, 0.2) is 18.3 Å². The zero-order valence-electron chi connectivity index (χ0n) is 11.4. The summed E-state index contributed by atoms with van der Waals surface area (Å²) in [6.07, 6.45) is 4.16. The highest BCUT2D eigenvalue weighted by atomic mass is 16.1. The molecule has 104 valence electrons. The standard InChI is InChI=1S/C14H22N4O/c1-11(10-18-6-2-3-7-18)9-17-14(19)12-4-5-16-13(15)8-12/h4-5,8,11H,2-3,6-7,9-10H2,1H3,(H2,15,16)(H,17,19). The monoisotopic (exact) mass is 262 g/mol. The van der Waals surface area contributed by atoms with Crippen LogP contribution in [0.4, 0.5) is 5.82 Å². The summed E-state index contributed by atoms with van der Waals surface area (Å²) in [6.45, 7) is 6.30. The summed E-state index contributed by atoms with van der Waals surface area (Å²) >= 11 is 0. The third-order valence-electron chi connectivity index (χ3n) is 3.42. The van der Waals surface area contributed by atoms with E-state index in [9.17, 15) is 4.79 Å². The molecule has 3 N–H and O–H groups in total. The van der Waals surface area contributed by atoms with Crippen molar-refractivity contribution in [2.24, 2.45) is 5.92 Å². The molecule has 0 aromatic carbocycles. The van der Waals surface area contributed by atoms with Gasteiger partial charge in [0.1, 0.15) is 5.82 Å². The summed E-state index contributed by atoms with van der Waals surface area (Å²) in [5, 5.41) is 2.95. The number of anilines is 1. The SMILES string of the molecule is CC(CNC(=O)c1ccnc(N)c1)CN1CCCC1. The number of hydrogen-bond donors (Lipinski definition) is 2. The Labute approximate surface area is 114 Å². The Kier molecular flexibility index (Phi) is 4.74. The summed E-state index contributed by atoms with van der Waals surface area (Å²) in [6, 6.07) is 3.28. The quantitative estimate of drug-likeness (QED) is 0.834. The van der Waals surface area contributed by atoms with Crippen LogP contribution in [0.1, 0.15) is 30.1 Å². The fraction of sp³-hybridized carbons (Fsp3) is 0.571. The summed E-state index contributed by atoms with van der Waals surface area (Å²) in [4.78, 5) is 18.3. The first-order chi connectivity index (χ1) is 9.15. The van der Waals surface area contributed by atoms with Gasteiger partial charge in [-0.1, -0.05) is 6.92 Å². The molecule has 1 atom stereocenters. The molecule has 1 saturated heterocycles. The maximum absolute atomic E-state index is 11.9. The zero-order valence-corrected chi connectivity index (χ0v) is 11.4. The summed E-state index contributed by atoms with van der Waals surface area (Å²) in [5.74, 6) is 0.751. The lowest BCUT2D eigenvalue weighted by atomic mass is 10.1. The van der Waals surface area contributed by atoms with Crippen molar-refractivity contribution in [1.82, 2.24) is 15.2 Å². The Hall–Kier alpha value is -1.62. The summed E-state index contributed by atoms with van der Waals surface area (Å²) in [7, 11) is 0. The third kappa shape index (κ3) is 4.21. The molecule has 5 nitrogen and oxygen atoms in total. The van der Waals surface area contributed by atoms with Gasteiger partial charge < -0.3 is 16.0 Å². The van der Waals surface area contributed by atoms with Crippen molar-refractivity contribution in [3.8, 4) is 0 Å². The molecule has 5 heteroatoms. The van der Waals surface area contributed by atoms with E-state index < -0.39 is 0 Å². The number of aromatic nitrogens is 1. The van der Waals surface area contributed by atoms with Crippen LogP contribution >= 0.6 is 0 Å². The van der Waals surface area contributed by atoms with Crippen molar-refractivity contribution in [2.45, 2.75) is 19.8 Å². The lowest BCUT2D eigenvalue weighted by Gasteiger charge is -2.20. The van der Waals surface area contributed by atoms with Gasteiger partial charge in [-0.15, -0.1) is 0 Å². The molecule has 1 aliphatic heterocycles. The number of pyridine rings is 1. The minimum absolute atomic E-state index is 0.0811. The molecule has 2 rings (SSSR count). The minimum Gasteiger partial charge on any atom is -0.384 e. The summed E-state index contributed by atoms with van der Waals surface area (Å²) < 4.78 is 0. The maximum Gasteiger partial charge on any atom is 0.251 e. The lowest BCUT2D eigenvalue weighted by molar-refractivity contribution is 0.0945. The van der Waals surface area contributed by atoms with Crippen molar-refractivity contribution in [3.63, 3.8) is 0 Å². The van der Waals surface area contributed by atoms with Gasteiger partial charge in [-0.2, -0.15) is 0 Å². The van der Waals surface area contributed by atoms with E-state index in [0.29, 0.717) is 23.8 Å². The highest BCUT2D eigenvalue weighted by Crippen LogP contribution is 2.10. The van der Waals surface area contributed by atoms with Crippen molar-refractivity contribution >= 4 is 11.7 Å². The van der Waals surface area contributed by atoms with Crippen LogP contribution in [0, 0.1) is 5.92 Å². The third-order valence-corrected chi connectivity index (χ3v) is 3.42. The van der Waals surface area contributed by atoms with Crippen molar-refractivity contribution in [3.05, 3.63) is 23.9 Å². The van der Waals surface area contributed by atoms with Gasteiger partial charge in [-0.25, -0.2) is 4.98 Å². The van der Waals surface area contributed by atoms with E-state index in [1.807, 2.05) is 0 Å². The molecule has 0 spiro atoms. The van der Waals surface area contributed by atoms with Crippen LogP contribution in [0.3, 0.4) is 0 Å². The van der Waals surface area contributed by atoms with E-state index >= 15 is 0 Å². The average Bonchev–Trinajstić information content (AvgIpc) is 2.88. The maximum atomic E-state index is 11.9. The van der Waals surface area contributed by atoms with E-state index in [1.165, 1.54) is 25.9 Å². The number of nitrogen functional groups attached to an aromatic ring is 1. The molecule has 1 fully saturated rings. The van der Waals surface area contributed by atoms with E-state index in [2.05, 4.69) is 22.1 Å². The van der Waals surface area contributed by atoms with Crippen molar-refractivity contribution < 1.29 is 4.79 Å². The number of carbonyl (C=O) groups excluding carboxylic acids is 1. The molecular formula is C14H22N4O. The van der Waals surface area contributed by atoms with Crippen molar-refractivity contribution in [2.75, 3.05) is 31.9 Å². The Balaban J connectivity index is 1.76. The van der Waals surface area contributed by atoms with Crippen molar-refractivity contribution in [1.29, 1.82) is 0 Å². The smallest absolute Gasteiger partial charge is 0.251 e. The van der Waals surface area contributed by atoms with Gasteiger partial charge in [0.05, 0.1) is 0 Å². The molecular weight excluding hydrogens is 240 g/mol. The first-order valence-corrected chi connectivity index (χ1v) is 6.87. The van der Waals surface area contributed by atoms with Gasteiger partial charge in [0.15, 0.2) is 0 Å². The highest BCUT2D eigenvalue weighted by molar-refractivity contribution is 5.94. The number of hydrogen-bond acceptors (Lipinski definition) is 4. The van der Waals surface area contributed by atoms with Gasteiger partial charge >= 0.3 is 0 Å². The first kappa shape index (κ1) is 13.8. The van der Waals surface area contributed by atoms with E-state index in [-0.39, 0.29) is 5.91 Å². The van der Waals surface area contributed by atoms with Crippen LogP contribution in [0.25, 0.3) is 0 Å². The molecule has 2 heterocycles. The van der Waals surface area contributed by atoms with E-state index in [0.717, 1.165) is 6.54 Å². The second-order valence-corrected chi connectivity index (χ2v) is 5.29. The molecule has 19 heavy (non-hydrogen) atoms. The molecule has 1 aliphatic rings. The Morgan fingerprint density at radius 1 is 1.53 bits per heavy atom. The van der Waals surface area contributed by atoms with E-state index in [1.54, 1.807) is 18.3 Å². The number of carbonyl (C=O) groups is 1. The lowest BCUT2D eigenvalue weighted by Crippen LogP contribution is -2.34. The van der Waals surface area contributed by atoms with Gasteiger partial charge in [0, 0.05) is 24.8 Å². The molecule has 1 unspecified atom stereocenters. The Bertz CT molecular complexity index is 429. The largest absolute Gasteiger partial charge is 0.384 e. The van der Waals surface area contributed by atoms with Gasteiger partial charge in [-0.05, 0) is 44.0 Å². The second kappa shape index (κ2) is 6.52. The normalized spacial score (nSPS) is 17.3. The summed E-state index contributed by atoms with van der Waals surface area (Å²) in [5.41, 5.74) is 6.13. The van der Waals surface area contributed by atoms with Gasteiger partial charge in [0.2, 0.25) is 0 Å². The molecule has 0 aliphatic carbocycles. The predicted molar refractivity (Wildman–Crippen MR) is 75.8 cm³/mol.